The normalized spacial score (nSPS) is 53.7. The molecule has 0 radical (unpaired) electrons. The van der Waals surface area contributed by atoms with E-state index in [0.29, 0.717) is 18.4 Å². The lowest BCUT2D eigenvalue weighted by atomic mass is 9.58. The van der Waals surface area contributed by atoms with Crippen molar-refractivity contribution in [2.24, 2.45) is 23.7 Å². The van der Waals surface area contributed by atoms with Crippen LogP contribution in [0.2, 0.25) is 0 Å². The predicted octanol–water partition coefficient (Wildman–Crippen LogP) is 2.40. The van der Waals surface area contributed by atoms with Gasteiger partial charge in [0.15, 0.2) is 21.7 Å². The van der Waals surface area contributed by atoms with Crippen LogP contribution >= 0.6 is 0 Å². The monoisotopic (exact) mass is 399 g/mol. The number of rotatable bonds is 1. The second-order valence-electron chi connectivity index (χ2n) is 9.19. The van der Waals surface area contributed by atoms with Gasteiger partial charge < -0.3 is 14.4 Å². The number of ether oxygens (including phenoxy) is 2. The molecule has 6 rings (SSSR count). The smallest absolute Gasteiger partial charge is 0.201 e. The molecule has 27 heavy (non-hydrogen) atoms. The first-order valence-electron chi connectivity index (χ1n) is 10.1. The summed E-state index contributed by atoms with van der Waals surface area (Å²) in [5, 5.41) is 1.30. The van der Waals surface area contributed by atoms with Crippen molar-refractivity contribution in [3.05, 3.63) is 11.6 Å². The maximum atomic E-state index is 11.8. The SMILES string of the molecule is C[C@@H]1CCC2[C@@H](C)[C@H](N3C=CS(=O)(=O)CC3)O[C@@H]3O[C@@]4(C)CCC1[C@@]23OO4. The van der Waals surface area contributed by atoms with Crippen LogP contribution in [0.4, 0.5) is 0 Å². The second-order valence-corrected chi connectivity index (χ2v) is 11.2. The fourth-order valence-electron chi connectivity index (χ4n) is 6.02. The average Bonchev–Trinajstić information content (AvgIpc) is 2.85. The Hall–Kier alpha value is -0.670. The van der Waals surface area contributed by atoms with E-state index in [-0.39, 0.29) is 23.8 Å². The van der Waals surface area contributed by atoms with E-state index in [0.717, 1.165) is 25.7 Å². The summed E-state index contributed by atoms with van der Waals surface area (Å²) in [4.78, 5) is 14.0. The second kappa shape index (κ2) is 5.92. The van der Waals surface area contributed by atoms with Crippen molar-refractivity contribution in [3.63, 3.8) is 0 Å². The van der Waals surface area contributed by atoms with E-state index in [2.05, 4.69) is 13.8 Å². The number of sulfone groups is 1. The number of hydrogen-bond donors (Lipinski definition) is 0. The molecule has 0 aromatic rings. The highest BCUT2D eigenvalue weighted by Crippen LogP contribution is 2.60. The molecule has 1 spiro atoms. The van der Waals surface area contributed by atoms with Crippen LogP contribution < -0.4 is 0 Å². The van der Waals surface area contributed by atoms with Gasteiger partial charge in [0.1, 0.15) is 6.23 Å². The summed E-state index contributed by atoms with van der Waals surface area (Å²) in [5.41, 5.74) is -0.574. The van der Waals surface area contributed by atoms with E-state index in [9.17, 15) is 8.42 Å². The van der Waals surface area contributed by atoms with Crippen LogP contribution in [0.5, 0.6) is 0 Å². The third kappa shape index (κ3) is 2.64. The molecule has 2 bridgehead atoms. The summed E-state index contributed by atoms with van der Waals surface area (Å²) >= 11 is 0. The van der Waals surface area contributed by atoms with E-state index < -0.39 is 27.5 Å². The van der Waals surface area contributed by atoms with E-state index in [1.54, 1.807) is 6.20 Å². The Kier molecular flexibility index (Phi) is 4.03. The molecule has 8 atom stereocenters. The van der Waals surface area contributed by atoms with Gasteiger partial charge in [-0.1, -0.05) is 13.8 Å². The first kappa shape index (κ1) is 18.4. The van der Waals surface area contributed by atoms with Crippen LogP contribution in [0.15, 0.2) is 11.6 Å². The molecule has 8 heteroatoms. The van der Waals surface area contributed by atoms with Gasteiger partial charge in [0.25, 0.3) is 0 Å². The fraction of sp³-hybridized carbons (Fsp3) is 0.895. The van der Waals surface area contributed by atoms with Gasteiger partial charge in [-0.05, 0) is 38.0 Å². The Labute approximate surface area is 160 Å². The Morgan fingerprint density at radius 2 is 1.93 bits per heavy atom. The minimum atomic E-state index is -3.10. The van der Waals surface area contributed by atoms with Crippen molar-refractivity contribution >= 4 is 9.84 Å². The zero-order valence-corrected chi connectivity index (χ0v) is 17.0. The van der Waals surface area contributed by atoms with Crippen molar-refractivity contribution in [1.82, 2.24) is 4.90 Å². The van der Waals surface area contributed by atoms with Crippen molar-refractivity contribution in [3.8, 4) is 0 Å². The number of nitrogens with zero attached hydrogens (tertiary/aromatic N) is 1. The first-order chi connectivity index (χ1) is 12.7. The molecule has 1 aliphatic carbocycles. The predicted molar refractivity (Wildman–Crippen MR) is 96.5 cm³/mol. The van der Waals surface area contributed by atoms with E-state index in [1.165, 1.54) is 5.41 Å². The van der Waals surface area contributed by atoms with E-state index >= 15 is 0 Å². The molecular weight excluding hydrogens is 370 g/mol. The summed E-state index contributed by atoms with van der Waals surface area (Å²) in [7, 11) is -3.10. The molecule has 5 aliphatic heterocycles. The Morgan fingerprint density at radius 3 is 2.67 bits per heavy atom. The van der Waals surface area contributed by atoms with Crippen LogP contribution in [0.3, 0.4) is 0 Å². The summed E-state index contributed by atoms with van der Waals surface area (Å²) in [6.45, 7) is 6.84. The van der Waals surface area contributed by atoms with Crippen LogP contribution in [0.25, 0.3) is 0 Å². The van der Waals surface area contributed by atoms with Gasteiger partial charge in [0.05, 0.1) is 5.75 Å². The zero-order chi connectivity index (χ0) is 19.0. The quantitative estimate of drug-likeness (QED) is 0.627. The summed E-state index contributed by atoms with van der Waals surface area (Å²) in [5.74, 6) is 0.626. The highest BCUT2D eigenvalue weighted by atomic mass is 32.2. The van der Waals surface area contributed by atoms with Crippen molar-refractivity contribution in [2.45, 2.75) is 70.4 Å². The summed E-state index contributed by atoms with van der Waals surface area (Å²) in [6.07, 6.45) is 4.93. The van der Waals surface area contributed by atoms with Gasteiger partial charge >= 0.3 is 0 Å². The standard InChI is InChI=1S/C19H29NO6S/c1-12-4-5-15-13(2)16(20-8-10-27(21,22)11-9-20)23-17-19(15)14(12)6-7-18(3,24-17)25-26-19/h8,10,12-17H,4-7,9,11H2,1-3H3/t12-,13-,14?,15?,16-,17-,18-,19-/m1/s1. The maximum absolute atomic E-state index is 11.8. The van der Waals surface area contributed by atoms with Gasteiger partial charge in [-0.15, -0.1) is 0 Å². The van der Waals surface area contributed by atoms with Gasteiger partial charge in [-0.3, -0.25) is 0 Å². The maximum Gasteiger partial charge on any atom is 0.201 e. The Balaban J connectivity index is 1.52. The van der Waals surface area contributed by atoms with E-state index in [4.69, 9.17) is 19.2 Å². The van der Waals surface area contributed by atoms with E-state index in [1.807, 2.05) is 11.8 Å². The van der Waals surface area contributed by atoms with Crippen LogP contribution in [-0.4, -0.2) is 49.5 Å². The largest absolute Gasteiger partial charge is 0.350 e. The van der Waals surface area contributed by atoms with Gasteiger partial charge in [-0.2, -0.15) is 0 Å². The number of hydrogen-bond acceptors (Lipinski definition) is 7. The average molecular weight is 400 g/mol. The minimum absolute atomic E-state index is 0.119. The molecule has 5 heterocycles. The van der Waals surface area contributed by atoms with Crippen molar-refractivity contribution < 1.29 is 27.7 Å². The Bertz CT molecular complexity index is 755. The van der Waals surface area contributed by atoms with Gasteiger partial charge in [0.2, 0.25) is 5.79 Å². The molecule has 5 fully saturated rings. The van der Waals surface area contributed by atoms with Gasteiger partial charge in [0, 0.05) is 36.4 Å². The molecule has 0 aromatic carbocycles. The lowest BCUT2D eigenvalue weighted by Gasteiger charge is -2.61. The summed E-state index contributed by atoms with van der Waals surface area (Å²) in [6, 6.07) is 0. The highest BCUT2D eigenvalue weighted by Gasteiger charge is 2.69. The topological polar surface area (TPSA) is 74.3 Å². The lowest BCUT2D eigenvalue weighted by molar-refractivity contribution is -0.573. The fourth-order valence-corrected chi connectivity index (χ4v) is 6.97. The van der Waals surface area contributed by atoms with Crippen LogP contribution in [0, 0.1) is 23.7 Å². The zero-order valence-electron chi connectivity index (χ0n) is 16.2. The Morgan fingerprint density at radius 1 is 1.11 bits per heavy atom. The highest BCUT2D eigenvalue weighted by molar-refractivity contribution is 7.94. The molecular formula is C19H29NO6S. The molecule has 0 N–H and O–H groups in total. The van der Waals surface area contributed by atoms with Crippen molar-refractivity contribution in [1.29, 1.82) is 0 Å². The molecule has 1 saturated carbocycles. The minimum Gasteiger partial charge on any atom is -0.350 e. The molecule has 0 amide bonds. The van der Waals surface area contributed by atoms with Crippen LogP contribution in [-0.2, 0) is 29.1 Å². The molecule has 6 aliphatic rings. The molecule has 4 saturated heterocycles. The first-order valence-corrected chi connectivity index (χ1v) is 11.8. The third-order valence-corrected chi connectivity index (χ3v) is 8.83. The number of fused-ring (bicyclic) bond motifs is 2. The summed E-state index contributed by atoms with van der Waals surface area (Å²) < 4.78 is 36.4. The van der Waals surface area contributed by atoms with Gasteiger partial charge in [-0.25, -0.2) is 18.2 Å². The molecule has 2 unspecified atom stereocenters. The molecule has 152 valence electrons. The lowest BCUT2D eigenvalue weighted by Crippen LogP contribution is -2.71. The molecule has 0 aromatic heterocycles. The van der Waals surface area contributed by atoms with Crippen LogP contribution in [0.1, 0.15) is 46.5 Å². The molecule has 7 nitrogen and oxygen atoms in total. The van der Waals surface area contributed by atoms with Crippen molar-refractivity contribution in [2.75, 3.05) is 12.3 Å². The third-order valence-electron chi connectivity index (χ3n) is 7.54.